The maximum atomic E-state index is 11.6. The van der Waals surface area contributed by atoms with Gasteiger partial charge in [-0.2, -0.15) is 0 Å². The molecule has 0 aromatic heterocycles. The Kier molecular flexibility index (Phi) is 4.82. The summed E-state index contributed by atoms with van der Waals surface area (Å²) in [5.41, 5.74) is -0.519. The highest BCUT2D eigenvalue weighted by atomic mass is 16.6. The number of alkyl carbamates (subject to hydrolysis) is 1. The van der Waals surface area contributed by atoms with E-state index in [1.54, 1.807) is 0 Å². The standard InChI is InChI=1S/C14H25NO4/c1-13(2,3)19-12(18)15-9-14(4)7-5-10(6-8-14)11(16)17/h10H,5-9H2,1-4H3,(H,15,18)(H,16,17). The Bertz CT molecular complexity index is 338. The van der Waals surface area contributed by atoms with Crippen LogP contribution in [0.4, 0.5) is 4.79 Å². The smallest absolute Gasteiger partial charge is 0.407 e. The Labute approximate surface area is 114 Å². The van der Waals surface area contributed by atoms with Gasteiger partial charge in [0.1, 0.15) is 5.60 Å². The van der Waals surface area contributed by atoms with Crippen LogP contribution in [-0.4, -0.2) is 29.3 Å². The normalized spacial score (nSPS) is 27.7. The zero-order valence-corrected chi connectivity index (χ0v) is 12.3. The minimum atomic E-state index is -0.706. The van der Waals surface area contributed by atoms with Gasteiger partial charge in [-0.3, -0.25) is 4.79 Å². The summed E-state index contributed by atoms with van der Waals surface area (Å²) in [5, 5.41) is 11.7. The van der Waals surface area contributed by atoms with Crippen molar-refractivity contribution in [2.45, 2.75) is 59.0 Å². The number of carbonyl (C=O) groups excluding carboxylic acids is 1. The second-order valence-corrected chi connectivity index (χ2v) is 6.78. The van der Waals surface area contributed by atoms with Gasteiger partial charge >= 0.3 is 12.1 Å². The van der Waals surface area contributed by atoms with Crippen molar-refractivity contribution in [3.63, 3.8) is 0 Å². The highest BCUT2D eigenvalue weighted by Gasteiger charge is 2.34. The van der Waals surface area contributed by atoms with Gasteiger partial charge in [0.15, 0.2) is 0 Å². The molecule has 1 rings (SSSR count). The van der Waals surface area contributed by atoms with Crippen LogP contribution in [0, 0.1) is 11.3 Å². The second kappa shape index (κ2) is 5.80. The number of amides is 1. The fourth-order valence-corrected chi connectivity index (χ4v) is 2.34. The molecule has 0 aromatic rings. The van der Waals surface area contributed by atoms with Gasteiger partial charge in [-0.15, -0.1) is 0 Å². The molecule has 19 heavy (non-hydrogen) atoms. The molecule has 0 bridgehead atoms. The molecule has 1 fully saturated rings. The molecule has 1 aliphatic rings. The Hall–Kier alpha value is -1.26. The Morgan fingerprint density at radius 1 is 1.32 bits per heavy atom. The lowest BCUT2D eigenvalue weighted by Gasteiger charge is -2.36. The lowest BCUT2D eigenvalue weighted by atomic mass is 9.72. The van der Waals surface area contributed by atoms with Gasteiger partial charge in [0, 0.05) is 6.54 Å². The summed E-state index contributed by atoms with van der Waals surface area (Å²) in [6.45, 7) is 8.10. The van der Waals surface area contributed by atoms with E-state index < -0.39 is 17.7 Å². The van der Waals surface area contributed by atoms with Crippen LogP contribution in [0.3, 0.4) is 0 Å². The SMILES string of the molecule is CC1(CNC(=O)OC(C)(C)C)CCC(C(=O)O)CC1. The van der Waals surface area contributed by atoms with Crippen LogP contribution in [0.5, 0.6) is 0 Å². The lowest BCUT2D eigenvalue weighted by molar-refractivity contribution is -0.143. The third-order valence-electron chi connectivity index (χ3n) is 3.60. The number of nitrogens with one attached hydrogen (secondary N) is 1. The molecule has 0 aromatic carbocycles. The van der Waals surface area contributed by atoms with E-state index in [4.69, 9.17) is 9.84 Å². The number of carboxylic acid groups (broad SMARTS) is 1. The van der Waals surface area contributed by atoms with Crippen molar-refractivity contribution in [1.82, 2.24) is 5.32 Å². The molecule has 1 amide bonds. The summed E-state index contributed by atoms with van der Waals surface area (Å²) in [6, 6.07) is 0. The largest absolute Gasteiger partial charge is 0.481 e. The van der Waals surface area contributed by atoms with Crippen molar-refractivity contribution < 1.29 is 19.4 Å². The molecular formula is C14H25NO4. The molecule has 110 valence electrons. The minimum absolute atomic E-state index is 0.0249. The van der Waals surface area contributed by atoms with E-state index in [-0.39, 0.29) is 11.3 Å². The van der Waals surface area contributed by atoms with Crippen LogP contribution < -0.4 is 5.32 Å². The maximum absolute atomic E-state index is 11.6. The van der Waals surface area contributed by atoms with Crippen molar-refractivity contribution in [3.05, 3.63) is 0 Å². The number of hydrogen-bond acceptors (Lipinski definition) is 3. The Balaban J connectivity index is 2.37. The molecule has 5 heteroatoms. The van der Waals surface area contributed by atoms with Crippen LogP contribution >= 0.6 is 0 Å². The first-order valence-corrected chi connectivity index (χ1v) is 6.81. The van der Waals surface area contributed by atoms with Crippen molar-refractivity contribution in [1.29, 1.82) is 0 Å². The van der Waals surface area contributed by atoms with E-state index >= 15 is 0 Å². The average Bonchev–Trinajstić information content (AvgIpc) is 2.25. The summed E-state index contributed by atoms with van der Waals surface area (Å²) < 4.78 is 5.19. The zero-order chi connectivity index (χ0) is 14.7. The number of carbonyl (C=O) groups is 2. The summed E-state index contributed by atoms with van der Waals surface area (Å²) in [6.07, 6.45) is 2.59. The number of carboxylic acids is 1. The first-order valence-electron chi connectivity index (χ1n) is 6.81. The molecule has 0 spiro atoms. The molecule has 5 nitrogen and oxygen atoms in total. The number of aliphatic carboxylic acids is 1. The molecule has 0 aliphatic heterocycles. The fraction of sp³-hybridized carbons (Fsp3) is 0.857. The van der Waals surface area contributed by atoms with E-state index in [0.29, 0.717) is 19.4 Å². The summed E-state index contributed by atoms with van der Waals surface area (Å²) in [5.74, 6) is -0.934. The molecular weight excluding hydrogens is 246 g/mol. The number of hydrogen-bond donors (Lipinski definition) is 2. The third kappa shape index (κ3) is 5.49. The van der Waals surface area contributed by atoms with Crippen molar-refractivity contribution >= 4 is 12.1 Å². The van der Waals surface area contributed by atoms with E-state index in [2.05, 4.69) is 12.2 Å². The van der Waals surface area contributed by atoms with Gasteiger partial charge in [-0.25, -0.2) is 4.79 Å². The quantitative estimate of drug-likeness (QED) is 0.827. The van der Waals surface area contributed by atoms with Crippen LogP contribution in [-0.2, 0) is 9.53 Å². The summed E-state index contributed by atoms with van der Waals surface area (Å²) >= 11 is 0. The highest BCUT2D eigenvalue weighted by Crippen LogP contribution is 2.38. The zero-order valence-electron chi connectivity index (χ0n) is 12.3. The predicted octanol–water partition coefficient (Wildman–Crippen LogP) is 2.79. The fourth-order valence-electron chi connectivity index (χ4n) is 2.34. The first-order chi connectivity index (χ1) is 8.61. The molecule has 0 heterocycles. The third-order valence-corrected chi connectivity index (χ3v) is 3.60. The molecule has 0 atom stereocenters. The van der Waals surface area contributed by atoms with E-state index in [1.807, 2.05) is 20.8 Å². The van der Waals surface area contributed by atoms with Gasteiger partial charge in [0.05, 0.1) is 5.92 Å². The first kappa shape index (κ1) is 15.8. The van der Waals surface area contributed by atoms with Crippen LogP contribution in [0.25, 0.3) is 0 Å². The summed E-state index contributed by atoms with van der Waals surface area (Å²) in [7, 11) is 0. The second-order valence-electron chi connectivity index (χ2n) is 6.78. The van der Waals surface area contributed by atoms with Crippen molar-refractivity contribution in [3.8, 4) is 0 Å². The van der Waals surface area contributed by atoms with E-state index in [1.165, 1.54) is 0 Å². The Morgan fingerprint density at radius 3 is 2.26 bits per heavy atom. The maximum Gasteiger partial charge on any atom is 0.407 e. The van der Waals surface area contributed by atoms with Crippen molar-refractivity contribution in [2.24, 2.45) is 11.3 Å². The number of ether oxygens (including phenoxy) is 1. The van der Waals surface area contributed by atoms with E-state index in [0.717, 1.165) is 12.8 Å². The highest BCUT2D eigenvalue weighted by molar-refractivity contribution is 5.70. The predicted molar refractivity (Wildman–Crippen MR) is 71.9 cm³/mol. The van der Waals surface area contributed by atoms with Gasteiger partial charge in [-0.1, -0.05) is 6.92 Å². The number of rotatable bonds is 3. The molecule has 1 saturated carbocycles. The van der Waals surface area contributed by atoms with Gasteiger partial charge in [0.25, 0.3) is 0 Å². The van der Waals surface area contributed by atoms with Crippen LogP contribution in [0.2, 0.25) is 0 Å². The van der Waals surface area contributed by atoms with Crippen LogP contribution in [0.1, 0.15) is 53.4 Å². The lowest BCUT2D eigenvalue weighted by Crippen LogP contribution is -2.41. The molecule has 1 aliphatic carbocycles. The minimum Gasteiger partial charge on any atom is -0.481 e. The van der Waals surface area contributed by atoms with Gasteiger partial charge in [-0.05, 0) is 51.9 Å². The van der Waals surface area contributed by atoms with Gasteiger partial charge in [0.2, 0.25) is 0 Å². The monoisotopic (exact) mass is 271 g/mol. The molecule has 0 unspecified atom stereocenters. The van der Waals surface area contributed by atoms with Crippen molar-refractivity contribution in [2.75, 3.05) is 6.54 Å². The molecule has 2 N–H and O–H groups in total. The average molecular weight is 271 g/mol. The van der Waals surface area contributed by atoms with Gasteiger partial charge < -0.3 is 15.2 Å². The molecule has 0 saturated heterocycles. The topological polar surface area (TPSA) is 75.6 Å². The summed E-state index contributed by atoms with van der Waals surface area (Å²) in [4.78, 5) is 22.5. The van der Waals surface area contributed by atoms with E-state index in [9.17, 15) is 9.59 Å². The Morgan fingerprint density at radius 2 is 1.84 bits per heavy atom. The molecule has 0 radical (unpaired) electrons. The van der Waals surface area contributed by atoms with Crippen LogP contribution in [0.15, 0.2) is 0 Å².